The van der Waals surface area contributed by atoms with Crippen LogP contribution in [0.5, 0.6) is 0 Å². The van der Waals surface area contributed by atoms with E-state index in [1.165, 1.54) is 12.3 Å². The van der Waals surface area contributed by atoms with Crippen molar-refractivity contribution in [3.63, 3.8) is 0 Å². The molecule has 0 aromatic carbocycles. The van der Waals surface area contributed by atoms with Crippen molar-refractivity contribution in [2.24, 2.45) is 0 Å². The Morgan fingerprint density at radius 3 is 2.43 bits per heavy atom. The Morgan fingerprint density at radius 2 is 1.80 bits per heavy atom. The van der Waals surface area contributed by atoms with E-state index in [2.05, 4.69) is 30.9 Å². The number of halogens is 1. The van der Waals surface area contributed by atoms with E-state index in [0.29, 0.717) is 10.8 Å². The van der Waals surface area contributed by atoms with Crippen LogP contribution in [0.15, 0.2) is 48.9 Å². The molecule has 9 heteroatoms. The smallest absolute Gasteiger partial charge is 0.275 e. The maximum absolute atomic E-state index is 12.6. The first-order valence-corrected chi connectivity index (χ1v) is 9.59. The van der Waals surface area contributed by atoms with Crippen molar-refractivity contribution in [1.82, 2.24) is 20.3 Å². The molecule has 0 fully saturated rings. The van der Waals surface area contributed by atoms with Gasteiger partial charge in [0.25, 0.3) is 5.91 Å². The molecule has 154 valence electrons. The molecule has 30 heavy (non-hydrogen) atoms. The second-order valence-corrected chi connectivity index (χ2v) is 7.07. The summed E-state index contributed by atoms with van der Waals surface area (Å²) < 4.78 is 0. The number of pyridine rings is 3. The Balaban J connectivity index is 1.96. The summed E-state index contributed by atoms with van der Waals surface area (Å²) in [4.78, 5) is 37.4. The fourth-order valence-corrected chi connectivity index (χ4v) is 2.78. The molecule has 3 N–H and O–H groups in total. The number of anilines is 2. The predicted octanol–water partition coefficient (Wildman–Crippen LogP) is 3.30. The van der Waals surface area contributed by atoms with Gasteiger partial charge >= 0.3 is 0 Å². The summed E-state index contributed by atoms with van der Waals surface area (Å²) in [6, 6.07) is 8.03. The van der Waals surface area contributed by atoms with Crippen molar-refractivity contribution in [2.45, 2.75) is 19.9 Å². The molecule has 8 nitrogen and oxygen atoms in total. The standard InChI is InChI=1S/C21H21ClN6O2/c1-12-10-24-7-6-16(12)14-8-18(27-20(29)13(2)23-3)26-19(9-14)28-21(30)17-5-4-15(22)11-25-17/h4-11,13,23H,1-3H3,(H2,26,27,28,29,30). The summed E-state index contributed by atoms with van der Waals surface area (Å²) in [6.07, 6.45) is 4.82. The Kier molecular flexibility index (Phi) is 6.71. The molecule has 0 aliphatic carbocycles. The molecule has 0 aliphatic rings. The van der Waals surface area contributed by atoms with Gasteiger partial charge in [-0.3, -0.25) is 14.6 Å². The van der Waals surface area contributed by atoms with Gasteiger partial charge in [0.05, 0.1) is 11.1 Å². The number of aromatic nitrogens is 3. The quantitative estimate of drug-likeness (QED) is 0.560. The molecule has 2 amide bonds. The number of hydrogen-bond acceptors (Lipinski definition) is 6. The molecule has 0 saturated carbocycles. The number of likely N-dealkylation sites (N-methyl/N-ethyl adjacent to an activating group) is 1. The minimum atomic E-state index is -0.441. The van der Waals surface area contributed by atoms with Crippen LogP contribution in [0.4, 0.5) is 11.6 Å². The molecule has 1 atom stereocenters. The highest BCUT2D eigenvalue weighted by molar-refractivity contribution is 6.30. The van der Waals surface area contributed by atoms with Crippen LogP contribution in [0.2, 0.25) is 5.02 Å². The summed E-state index contributed by atoms with van der Waals surface area (Å²) in [5, 5.41) is 8.81. The van der Waals surface area contributed by atoms with E-state index in [4.69, 9.17) is 11.6 Å². The molecule has 0 spiro atoms. The van der Waals surface area contributed by atoms with Crippen LogP contribution in [0.1, 0.15) is 23.0 Å². The molecule has 3 heterocycles. The van der Waals surface area contributed by atoms with E-state index in [9.17, 15) is 9.59 Å². The number of nitrogens with one attached hydrogen (secondary N) is 3. The summed E-state index contributed by atoms with van der Waals surface area (Å²) in [5.41, 5.74) is 2.82. The van der Waals surface area contributed by atoms with E-state index in [1.807, 2.05) is 13.0 Å². The minimum Gasteiger partial charge on any atom is -0.309 e. The van der Waals surface area contributed by atoms with Gasteiger partial charge in [-0.05, 0) is 67.9 Å². The van der Waals surface area contributed by atoms with Gasteiger partial charge in [-0.25, -0.2) is 9.97 Å². The lowest BCUT2D eigenvalue weighted by molar-refractivity contribution is -0.117. The van der Waals surface area contributed by atoms with Gasteiger partial charge < -0.3 is 16.0 Å². The average Bonchev–Trinajstić information content (AvgIpc) is 2.73. The average molecular weight is 425 g/mol. The third-order valence-corrected chi connectivity index (χ3v) is 4.66. The van der Waals surface area contributed by atoms with Crippen molar-refractivity contribution in [3.05, 3.63) is 65.2 Å². The normalized spacial score (nSPS) is 11.6. The van der Waals surface area contributed by atoms with E-state index in [1.54, 1.807) is 44.6 Å². The van der Waals surface area contributed by atoms with Gasteiger partial charge in [0, 0.05) is 18.6 Å². The van der Waals surface area contributed by atoms with Crippen molar-refractivity contribution >= 4 is 35.1 Å². The summed E-state index contributed by atoms with van der Waals surface area (Å²) in [6.45, 7) is 3.67. The topological polar surface area (TPSA) is 109 Å². The van der Waals surface area contributed by atoms with Gasteiger partial charge in [0.15, 0.2) is 0 Å². The largest absolute Gasteiger partial charge is 0.309 e. The van der Waals surface area contributed by atoms with Crippen molar-refractivity contribution in [2.75, 3.05) is 17.7 Å². The Morgan fingerprint density at radius 1 is 1.07 bits per heavy atom. The zero-order valence-corrected chi connectivity index (χ0v) is 17.5. The van der Waals surface area contributed by atoms with Gasteiger partial charge in [-0.2, -0.15) is 0 Å². The second kappa shape index (κ2) is 9.43. The molecule has 0 saturated heterocycles. The summed E-state index contributed by atoms with van der Waals surface area (Å²) in [7, 11) is 1.69. The number of rotatable bonds is 6. The van der Waals surface area contributed by atoms with Gasteiger partial charge in [0.1, 0.15) is 17.3 Å². The van der Waals surface area contributed by atoms with Crippen LogP contribution in [0.25, 0.3) is 11.1 Å². The van der Waals surface area contributed by atoms with E-state index >= 15 is 0 Å². The number of aryl methyl sites for hydroxylation is 1. The van der Waals surface area contributed by atoms with Gasteiger partial charge in [-0.1, -0.05) is 11.6 Å². The number of hydrogen-bond donors (Lipinski definition) is 3. The number of carbonyl (C=O) groups is 2. The minimum absolute atomic E-state index is 0.195. The maximum atomic E-state index is 12.6. The molecule has 3 aromatic heterocycles. The first-order valence-electron chi connectivity index (χ1n) is 9.21. The molecule has 3 rings (SSSR count). The first-order chi connectivity index (χ1) is 14.4. The second-order valence-electron chi connectivity index (χ2n) is 6.63. The van der Waals surface area contributed by atoms with E-state index in [-0.39, 0.29) is 17.4 Å². The highest BCUT2D eigenvalue weighted by atomic mass is 35.5. The Labute approximate surface area is 179 Å². The molecule has 3 aromatic rings. The van der Waals surface area contributed by atoms with Crippen molar-refractivity contribution < 1.29 is 9.59 Å². The van der Waals surface area contributed by atoms with Crippen LogP contribution >= 0.6 is 11.6 Å². The SMILES string of the molecule is CNC(C)C(=O)Nc1cc(-c2ccncc2C)cc(NC(=O)c2ccc(Cl)cn2)n1. The Hall–Kier alpha value is -3.36. The zero-order chi connectivity index (χ0) is 21.7. The van der Waals surface area contributed by atoms with Crippen LogP contribution in [-0.4, -0.2) is 39.9 Å². The van der Waals surface area contributed by atoms with Crippen molar-refractivity contribution in [1.29, 1.82) is 0 Å². The molecule has 0 bridgehead atoms. The first kappa shape index (κ1) is 21.4. The van der Waals surface area contributed by atoms with E-state index < -0.39 is 11.9 Å². The molecule has 1 unspecified atom stereocenters. The molecular weight excluding hydrogens is 404 g/mol. The fraction of sp³-hybridized carbons (Fsp3) is 0.190. The fourth-order valence-electron chi connectivity index (χ4n) is 2.67. The Bertz CT molecular complexity index is 1070. The van der Waals surface area contributed by atoms with E-state index in [0.717, 1.165) is 16.7 Å². The van der Waals surface area contributed by atoms with Crippen LogP contribution in [0.3, 0.4) is 0 Å². The number of carbonyl (C=O) groups excluding carboxylic acids is 2. The van der Waals surface area contributed by atoms with Crippen molar-refractivity contribution in [3.8, 4) is 11.1 Å². The third kappa shape index (κ3) is 5.16. The van der Waals surface area contributed by atoms with Crippen LogP contribution < -0.4 is 16.0 Å². The summed E-state index contributed by atoms with van der Waals surface area (Å²) >= 11 is 5.83. The highest BCUT2D eigenvalue weighted by Gasteiger charge is 2.15. The molecule has 0 radical (unpaired) electrons. The highest BCUT2D eigenvalue weighted by Crippen LogP contribution is 2.27. The lowest BCUT2D eigenvalue weighted by Gasteiger charge is -2.14. The lowest BCUT2D eigenvalue weighted by Crippen LogP contribution is -2.35. The zero-order valence-electron chi connectivity index (χ0n) is 16.7. The number of amides is 2. The monoisotopic (exact) mass is 424 g/mol. The maximum Gasteiger partial charge on any atom is 0.275 e. The molecular formula is C21H21ClN6O2. The third-order valence-electron chi connectivity index (χ3n) is 4.44. The lowest BCUT2D eigenvalue weighted by atomic mass is 10.0. The molecule has 0 aliphatic heterocycles. The van der Waals surface area contributed by atoms with Gasteiger partial charge in [0.2, 0.25) is 5.91 Å². The number of nitrogens with zero attached hydrogens (tertiary/aromatic N) is 3. The van der Waals surface area contributed by atoms with Crippen LogP contribution in [-0.2, 0) is 4.79 Å². The predicted molar refractivity (Wildman–Crippen MR) is 117 cm³/mol. The van der Waals surface area contributed by atoms with Gasteiger partial charge in [-0.15, -0.1) is 0 Å². The summed E-state index contributed by atoms with van der Waals surface area (Å²) in [5.74, 6) is -0.0954. The van der Waals surface area contributed by atoms with Crippen LogP contribution in [0, 0.1) is 6.92 Å².